The van der Waals surface area contributed by atoms with Gasteiger partial charge in [0.25, 0.3) is 0 Å². The number of allylic oxidation sites excluding steroid dienone is 2. The highest BCUT2D eigenvalue weighted by Crippen LogP contribution is 2.62. The van der Waals surface area contributed by atoms with E-state index < -0.39 is 0 Å². The van der Waals surface area contributed by atoms with Crippen LogP contribution in [0.4, 0.5) is 0 Å². The third-order valence-corrected chi connectivity index (χ3v) is 8.31. The van der Waals surface area contributed by atoms with Crippen molar-refractivity contribution in [1.29, 1.82) is 0 Å². The molecular weight excluding hydrogens is 296 g/mol. The Hall–Kier alpha value is -0.340. The topological polar surface area (TPSA) is 18.5 Å². The van der Waals surface area contributed by atoms with Crippen molar-refractivity contribution in [3.63, 3.8) is 0 Å². The summed E-state index contributed by atoms with van der Waals surface area (Å²) in [6.45, 7) is 9.57. The molecule has 4 bridgehead atoms. The number of hydrogen-bond acceptors (Lipinski definition) is 2. The van der Waals surface area contributed by atoms with Gasteiger partial charge in [-0.1, -0.05) is 46.3 Å². The Morgan fingerprint density at radius 2 is 1.67 bits per heavy atom. The molecule has 0 aromatic heterocycles. The summed E-state index contributed by atoms with van der Waals surface area (Å²) in [4.78, 5) is 0. The van der Waals surface area contributed by atoms with Crippen LogP contribution in [0.5, 0.6) is 0 Å². The highest BCUT2D eigenvalue weighted by molar-refractivity contribution is 5.22. The first kappa shape index (κ1) is 15.9. The van der Waals surface area contributed by atoms with Crippen molar-refractivity contribution in [2.24, 2.45) is 47.3 Å². The maximum absolute atomic E-state index is 6.91. The van der Waals surface area contributed by atoms with Gasteiger partial charge in [-0.2, -0.15) is 0 Å². The van der Waals surface area contributed by atoms with Crippen molar-refractivity contribution in [2.45, 2.75) is 77.8 Å². The number of ether oxygens (including phenoxy) is 2. The second-order valence-electron chi connectivity index (χ2n) is 9.99. The summed E-state index contributed by atoms with van der Waals surface area (Å²) in [6.07, 6.45) is 12.0. The largest absolute Gasteiger partial charge is 0.372 e. The summed E-state index contributed by atoms with van der Waals surface area (Å²) >= 11 is 0. The maximum Gasteiger partial charge on any atom is 0.0894 e. The molecule has 0 N–H and O–H groups in total. The van der Waals surface area contributed by atoms with E-state index in [9.17, 15) is 0 Å². The Kier molecular flexibility index (Phi) is 3.69. The van der Waals surface area contributed by atoms with Gasteiger partial charge in [0.05, 0.1) is 24.4 Å². The molecule has 0 spiro atoms. The smallest absolute Gasteiger partial charge is 0.0894 e. The summed E-state index contributed by atoms with van der Waals surface area (Å²) in [5, 5.41) is 0. The fourth-order valence-electron chi connectivity index (χ4n) is 7.12. The molecule has 2 heteroatoms. The first-order valence-corrected chi connectivity index (χ1v) is 10.5. The lowest BCUT2D eigenvalue weighted by Crippen LogP contribution is -2.48. The van der Waals surface area contributed by atoms with E-state index in [-0.39, 0.29) is 0 Å². The van der Waals surface area contributed by atoms with Crippen molar-refractivity contribution in [3.8, 4) is 0 Å². The normalized spacial score (nSPS) is 58.0. The zero-order valence-electron chi connectivity index (χ0n) is 15.7. The summed E-state index contributed by atoms with van der Waals surface area (Å²) < 4.78 is 13.5. The van der Waals surface area contributed by atoms with Gasteiger partial charge in [0.2, 0.25) is 0 Å². The summed E-state index contributed by atoms with van der Waals surface area (Å²) in [7, 11) is 0. The fraction of sp³-hybridized carbons (Fsp3) is 0.909. The molecule has 24 heavy (non-hydrogen) atoms. The molecule has 2 saturated heterocycles. The van der Waals surface area contributed by atoms with Crippen LogP contribution in [0.15, 0.2) is 12.2 Å². The van der Waals surface area contributed by atoms with Crippen LogP contribution in [0.1, 0.15) is 53.4 Å². The van der Waals surface area contributed by atoms with Crippen LogP contribution < -0.4 is 0 Å². The molecule has 2 saturated carbocycles. The second-order valence-corrected chi connectivity index (χ2v) is 9.99. The summed E-state index contributed by atoms with van der Waals surface area (Å²) in [5.74, 6) is 6.00. The average molecular weight is 331 g/mol. The predicted molar refractivity (Wildman–Crippen MR) is 95.5 cm³/mol. The second kappa shape index (κ2) is 5.58. The Labute approximate surface area is 147 Å². The van der Waals surface area contributed by atoms with E-state index in [1.165, 1.54) is 25.7 Å². The van der Waals surface area contributed by atoms with E-state index in [2.05, 4.69) is 39.8 Å². The monoisotopic (exact) mass is 330 g/mol. The van der Waals surface area contributed by atoms with Gasteiger partial charge in [-0.05, 0) is 60.7 Å². The van der Waals surface area contributed by atoms with Gasteiger partial charge in [-0.25, -0.2) is 0 Å². The average Bonchev–Trinajstić information content (AvgIpc) is 3.27. The molecule has 0 aromatic rings. The van der Waals surface area contributed by atoms with E-state index >= 15 is 0 Å². The molecule has 4 fully saturated rings. The summed E-state index contributed by atoms with van der Waals surface area (Å²) in [6, 6.07) is 0. The van der Waals surface area contributed by atoms with Crippen molar-refractivity contribution >= 4 is 0 Å². The van der Waals surface area contributed by atoms with Crippen LogP contribution in [0.25, 0.3) is 0 Å². The molecule has 134 valence electrons. The first-order chi connectivity index (χ1) is 11.5. The van der Waals surface area contributed by atoms with E-state index in [0.717, 1.165) is 41.4 Å². The fourth-order valence-corrected chi connectivity index (χ4v) is 7.12. The highest BCUT2D eigenvalue weighted by Gasteiger charge is 2.65. The lowest BCUT2D eigenvalue weighted by atomic mass is 9.68. The van der Waals surface area contributed by atoms with Crippen LogP contribution in [0.2, 0.25) is 0 Å². The quantitative estimate of drug-likeness (QED) is 0.699. The van der Waals surface area contributed by atoms with Crippen molar-refractivity contribution in [3.05, 3.63) is 12.2 Å². The van der Waals surface area contributed by atoms with E-state index in [0.29, 0.717) is 30.3 Å². The number of hydrogen-bond donors (Lipinski definition) is 0. The Morgan fingerprint density at radius 1 is 0.958 bits per heavy atom. The Morgan fingerprint density at radius 3 is 2.38 bits per heavy atom. The van der Waals surface area contributed by atoms with Gasteiger partial charge in [0.1, 0.15) is 0 Å². The molecular formula is C22H34O2. The van der Waals surface area contributed by atoms with Crippen molar-refractivity contribution in [2.75, 3.05) is 0 Å². The third kappa shape index (κ3) is 2.14. The first-order valence-electron chi connectivity index (χ1n) is 10.5. The van der Waals surface area contributed by atoms with Crippen LogP contribution in [0, 0.1) is 47.3 Å². The molecule has 2 aliphatic heterocycles. The molecule has 5 aliphatic rings. The van der Waals surface area contributed by atoms with Gasteiger partial charge in [0, 0.05) is 5.92 Å². The lowest BCUT2D eigenvalue weighted by Gasteiger charge is -2.43. The SMILES string of the molecule is CC1CCC(C(C)C)C(OC2C(C)C3OC2C2C4C=CC(C4)C32)C1. The van der Waals surface area contributed by atoms with Crippen LogP contribution in [-0.4, -0.2) is 24.4 Å². The van der Waals surface area contributed by atoms with E-state index in [4.69, 9.17) is 9.47 Å². The van der Waals surface area contributed by atoms with Crippen LogP contribution in [0.3, 0.4) is 0 Å². The number of rotatable bonds is 3. The van der Waals surface area contributed by atoms with Crippen molar-refractivity contribution in [1.82, 2.24) is 0 Å². The number of fused-ring (bicyclic) bond motifs is 9. The third-order valence-electron chi connectivity index (χ3n) is 8.31. The molecule has 0 radical (unpaired) electrons. The molecule has 3 aliphatic carbocycles. The van der Waals surface area contributed by atoms with Crippen LogP contribution in [-0.2, 0) is 9.47 Å². The van der Waals surface area contributed by atoms with E-state index in [1.54, 1.807) is 0 Å². The minimum atomic E-state index is 0.348. The van der Waals surface area contributed by atoms with Crippen molar-refractivity contribution < 1.29 is 9.47 Å². The molecule has 11 atom stereocenters. The minimum Gasteiger partial charge on any atom is -0.372 e. The Bertz CT molecular complexity index is 526. The molecule has 0 amide bonds. The molecule has 2 nitrogen and oxygen atoms in total. The lowest BCUT2D eigenvalue weighted by molar-refractivity contribution is -0.120. The van der Waals surface area contributed by atoms with Gasteiger partial charge >= 0.3 is 0 Å². The molecule has 5 rings (SSSR count). The standard InChI is InChI=1S/C22H34O2/c1-11(2)16-8-5-12(3)9-17(16)23-21-13(4)20-18-14-6-7-15(10-14)19(18)22(21)24-20/h6-7,11-22H,5,8-10H2,1-4H3. The van der Waals surface area contributed by atoms with Gasteiger partial charge in [0.15, 0.2) is 0 Å². The molecule has 11 unspecified atom stereocenters. The van der Waals surface area contributed by atoms with Gasteiger partial charge in [-0.15, -0.1) is 0 Å². The van der Waals surface area contributed by atoms with Crippen LogP contribution >= 0.6 is 0 Å². The van der Waals surface area contributed by atoms with Gasteiger partial charge < -0.3 is 9.47 Å². The Balaban J connectivity index is 1.35. The molecule has 2 heterocycles. The zero-order valence-corrected chi connectivity index (χ0v) is 15.7. The zero-order chi connectivity index (χ0) is 16.6. The highest BCUT2D eigenvalue weighted by atomic mass is 16.6. The van der Waals surface area contributed by atoms with Gasteiger partial charge in [-0.3, -0.25) is 0 Å². The summed E-state index contributed by atoms with van der Waals surface area (Å²) in [5.41, 5.74) is 0. The predicted octanol–water partition coefficient (Wildman–Crippen LogP) is 4.69. The van der Waals surface area contributed by atoms with E-state index in [1.807, 2.05) is 0 Å². The maximum atomic E-state index is 6.91. The molecule has 0 aromatic carbocycles. The minimum absolute atomic E-state index is 0.348.